The molecule has 2 heterocycles. The van der Waals surface area contributed by atoms with Gasteiger partial charge in [-0.25, -0.2) is 0 Å². The summed E-state index contributed by atoms with van der Waals surface area (Å²) in [6.45, 7) is 0. The Hall–Kier alpha value is -1.02. The average Bonchev–Trinajstić information content (AvgIpc) is 2.38. The first-order valence-electron chi connectivity index (χ1n) is 6.81. The topological polar surface area (TPSA) is 15.1 Å². The van der Waals surface area contributed by atoms with Crippen molar-refractivity contribution in [1.82, 2.24) is 4.90 Å². The fraction of sp³-hybridized carbons (Fsp3) is 0.600. The molecule has 0 N–H and O–H groups in total. The summed E-state index contributed by atoms with van der Waals surface area (Å²) in [5.74, 6) is 0.955. The van der Waals surface area contributed by atoms with Gasteiger partial charge >= 0.3 is 0 Å². The van der Waals surface area contributed by atoms with Crippen LogP contribution in [-0.4, -0.2) is 19.2 Å². The van der Waals surface area contributed by atoms with Crippen molar-refractivity contribution >= 4 is 5.69 Å². The van der Waals surface area contributed by atoms with Gasteiger partial charge in [-0.05, 0) is 25.0 Å². The highest BCUT2D eigenvalue weighted by molar-refractivity contribution is 5.44. The Kier molecular flexibility index (Phi) is 3.06. The van der Waals surface area contributed by atoms with Crippen LogP contribution in [0.25, 0.3) is 0 Å². The Labute approximate surface area is 104 Å². The average molecular weight is 231 g/mol. The second-order valence-electron chi connectivity index (χ2n) is 5.27. The highest BCUT2D eigenvalue weighted by Crippen LogP contribution is 2.37. The van der Waals surface area contributed by atoms with E-state index in [4.69, 9.17) is 4.74 Å². The molecule has 1 radical (unpaired) electrons. The highest BCUT2D eigenvalue weighted by atomic mass is 16.5. The standard InChI is InChI=1S/C15H21NO/c1-17-15-10-8-14(9-11-15)16-12-4-2-5-13(16)7-3-6-12/h8-13H,2-7H2,1H3/q+1. The quantitative estimate of drug-likeness (QED) is 0.710. The van der Waals surface area contributed by atoms with Crippen LogP contribution < -0.4 is 9.64 Å². The number of nitrogens with zero attached hydrogens (tertiary/aromatic N) is 1. The molecular weight excluding hydrogens is 210 g/mol. The maximum atomic E-state index is 5.23. The van der Waals surface area contributed by atoms with Crippen molar-refractivity contribution < 1.29 is 4.74 Å². The summed E-state index contributed by atoms with van der Waals surface area (Å²) in [5.41, 5.74) is 1.39. The Morgan fingerprint density at radius 3 is 1.94 bits per heavy atom. The van der Waals surface area contributed by atoms with Crippen molar-refractivity contribution in [1.29, 1.82) is 0 Å². The maximum Gasteiger partial charge on any atom is 0.181 e. The summed E-state index contributed by atoms with van der Waals surface area (Å²) >= 11 is 0. The maximum absolute atomic E-state index is 5.23. The minimum absolute atomic E-state index is 0.788. The van der Waals surface area contributed by atoms with Gasteiger partial charge in [-0.1, -0.05) is 0 Å². The molecule has 0 saturated carbocycles. The van der Waals surface area contributed by atoms with Gasteiger partial charge in [0.2, 0.25) is 0 Å². The molecule has 2 aliphatic heterocycles. The van der Waals surface area contributed by atoms with E-state index in [0.717, 1.165) is 17.8 Å². The summed E-state index contributed by atoms with van der Waals surface area (Å²) in [7, 11) is 1.73. The third kappa shape index (κ3) is 2.06. The van der Waals surface area contributed by atoms with E-state index in [2.05, 4.69) is 29.2 Å². The van der Waals surface area contributed by atoms with Crippen molar-refractivity contribution in [2.75, 3.05) is 7.11 Å². The first-order valence-corrected chi connectivity index (χ1v) is 6.81. The lowest BCUT2D eigenvalue weighted by Crippen LogP contribution is -2.50. The molecule has 2 saturated heterocycles. The van der Waals surface area contributed by atoms with Gasteiger partial charge in [-0.3, -0.25) is 0 Å². The van der Waals surface area contributed by atoms with Crippen LogP contribution in [0.2, 0.25) is 0 Å². The lowest BCUT2D eigenvalue weighted by Gasteiger charge is -2.36. The van der Waals surface area contributed by atoms with E-state index in [1.807, 2.05) is 0 Å². The molecule has 0 aliphatic carbocycles. The molecule has 1 aromatic carbocycles. The van der Waals surface area contributed by atoms with Gasteiger partial charge in [0, 0.05) is 37.8 Å². The minimum atomic E-state index is 0.788. The Bertz CT molecular complexity index is 351. The zero-order chi connectivity index (χ0) is 11.7. The van der Waals surface area contributed by atoms with Gasteiger partial charge in [-0.2, -0.15) is 0 Å². The first kappa shape index (κ1) is 11.1. The molecule has 2 fully saturated rings. The third-order valence-corrected chi connectivity index (χ3v) is 4.31. The lowest BCUT2D eigenvalue weighted by molar-refractivity contribution is 0.175. The van der Waals surface area contributed by atoms with Gasteiger partial charge in [0.1, 0.15) is 17.8 Å². The van der Waals surface area contributed by atoms with Gasteiger partial charge in [0.25, 0.3) is 0 Å². The number of hydrogen-bond donors (Lipinski definition) is 0. The fourth-order valence-electron chi connectivity index (χ4n) is 3.50. The molecule has 2 heteroatoms. The van der Waals surface area contributed by atoms with Crippen LogP contribution in [0, 0.1) is 0 Å². The van der Waals surface area contributed by atoms with Crippen molar-refractivity contribution in [2.24, 2.45) is 0 Å². The number of rotatable bonds is 2. The smallest absolute Gasteiger partial charge is 0.181 e. The number of hydrogen-bond acceptors (Lipinski definition) is 2. The minimum Gasteiger partial charge on any atom is -0.497 e. The number of methoxy groups -OCH3 is 1. The van der Waals surface area contributed by atoms with Crippen LogP contribution in [-0.2, 0) is 0 Å². The molecule has 2 bridgehead atoms. The van der Waals surface area contributed by atoms with E-state index in [1.165, 1.54) is 44.2 Å². The SMILES string of the molecule is COc1ccc([N+]2C3CCCC2CCC3)cc1. The zero-order valence-electron chi connectivity index (χ0n) is 10.6. The molecule has 0 aromatic heterocycles. The number of ether oxygens (including phenoxy) is 1. The summed E-state index contributed by atoms with van der Waals surface area (Å²) in [5, 5.41) is 0. The Morgan fingerprint density at radius 1 is 0.941 bits per heavy atom. The van der Waals surface area contributed by atoms with Crippen molar-refractivity contribution in [2.45, 2.75) is 50.6 Å². The molecular formula is C15H21NO+. The van der Waals surface area contributed by atoms with E-state index >= 15 is 0 Å². The summed E-state index contributed by atoms with van der Waals surface area (Å²) < 4.78 is 5.23. The van der Waals surface area contributed by atoms with E-state index in [1.54, 1.807) is 7.11 Å². The molecule has 3 rings (SSSR count). The predicted octanol–water partition coefficient (Wildman–Crippen LogP) is 3.57. The highest BCUT2D eigenvalue weighted by Gasteiger charge is 2.43. The second-order valence-corrected chi connectivity index (χ2v) is 5.27. The molecule has 0 amide bonds. The largest absolute Gasteiger partial charge is 0.497 e. The molecule has 0 spiro atoms. The molecule has 2 aliphatic rings. The molecule has 0 unspecified atom stereocenters. The van der Waals surface area contributed by atoms with Gasteiger partial charge in [-0.15, -0.1) is 4.90 Å². The van der Waals surface area contributed by atoms with Crippen LogP contribution >= 0.6 is 0 Å². The number of piperidine rings is 2. The predicted molar refractivity (Wildman–Crippen MR) is 70.1 cm³/mol. The first-order chi connectivity index (χ1) is 8.38. The summed E-state index contributed by atoms with van der Waals surface area (Å²) in [6, 6.07) is 10.2. The number of anilines is 1. The van der Waals surface area contributed by atoms with Gasteiger partial charge in [0.15, 0.2) is 5.69 Å². The molecule has 91 valence electrons. The Morgan fingerprint density at radius 2 is 1.47 bits per heavy atom. The zero-order valence-corrected chi connectivity index (χ0v) is 10.6. The van der Waals surface area contributed by atoms with Crippen LogP contribution in [0.5, 0.6) is 5.75 Å². The van der Waals surface area contributed by atoms with Crippen LogP contribution in [0.4, 0.5) is 5.69 Å². The summed E-state index contributed by atoms with van der Waals surface area (Å²) in [6.07, 6.45) is 8.35. The van der Waals surface area contributed by atoms with E-state index < -0.39 is 0 Å². The summed E-state index contributed by atoms with van der Waals surface area (Å²) in [4.78, 5) is 2.67. The number of benzene rings is 1. The lowest BCUT2D eigenvalue weighted by atomic mass is 9.84. The molecule has 1 aromatic rings. The van der Waals surface area contributed by atoms with E-state index in [-0.39, 0.29) is 0 Å². The Balaban J connectivity index is 1.85. The monoisotopic (exact) mass is 231 g/mol. The van der Waals surface area contributed by atoms with Gasteiger partial charge < -0.3 is 4.74 Å². The van der Waals surface area contributed by atoms with Crippen molar-refractivity contribution in [3.8, 4) is 5.75 Å². The normalized spacial score (nSPS) is 29.0. The van der Waals surface area contributed by atoms with Crippen LogP contribution in [0.3, 0.4) is 0 Å². The number of fused-ring (bicyclic) bond motifs is 2. The van der Waals surface area contributed by atoms with E-state index in [9.17, 15) is 0 Å². The molecule has 17 heavy (non-hydrogen) atoms. The molecule has 2 nitrogen and oxygen atoms in total. The fourth-order valence-corrected chi connectivity index (χ4v) is 3.50. The van der Waals surface area contributed by atoms with E-state index in [0.29, 0.717) is 0 Å². The van der Waals surface area contributed by atoms with Crippen molar-refractivity contribution in [3.63, 3.8) is 0 Å². The van der Waals surface area contributed by atoms with Crippen LogP contribution in [0.1, 0.15) is 38.5 Å². The van der Waals surface area contributed by atoms with Gasteiger partial charge in [0.05, 0.1) is 7.11 Å². The second kappa shape index (κ2) is 4.69. The van der Waals surface area contributed by atoms with Crippen LogP contribution in [0.15, 0.2) is 24.3 Å². The van der Waals surface area contributed by atoms with Crippen molar-refractivity contribution in [3.05, 3.63) is 24.3 Å². The molecule has 0 atom stereocenters. The third-order valence-electron chi connectivity index (χ3n) is 4.31.